The molecule has 8 heteroatoms. The number of amides is 1. The topological polar surface area (TPSA) is 61.4 Å². The number of carbonyl (C=O) groups is 1. The third-order valence-corrected chi connectivity index (χ3v) is 6.27. The Morgan fingerprint density at radius 3 is 2.42 bits per heavy atom. The maximum atomic E-state index is 12.8. The van der Waals surface area contributed by atoms with Crippen molar-refractivity contribution in [2.24, 2.45) is 0 Å². The summed E-state index contributed by atoms with van der Waals surface area (Å²) in [7, 11) is 0. The lowest BCUT2D eigenvalue weighted by atomic mass is 10.1. The van der Waals surface area contributed by atoms with E-state index in [1.807, 2.05) is 35.4 Å². The molecular formula is C23H29N5O3. The first-order valence-electron chi connectivity index (χ1n) is 11.0. The van der Waals surface area contributed by atoms with Gasteiger partial charge in [0.1, 0.15) is 5.82 Å². The Labute approximate surface area is 182 Å². The van der Waals surface area contributed by atoms with E-state index < -0.39 is 0 Å². The monoisotopic (exact) mass is 423 g/mol. The van der Waals surface area contributed by atoms with E-state index in [0.29, 0.717) is 13.3 Å². The van der Waals surface area contributed by atoms with Crippen LogP contribution in [0.4, 0.5) is 5.82 Å². The highest BCUT2D eigenvalue weighted by atomic mass is 16.7. The average molecular weight is 424 g/mol. The molecule has 4 heterocycles. The fraction of sp³-hybridized carbons (Fsp3) is 0.478. The van der Waals surface area contributed by atoms with E-state index in [1.165, 1.54) is 5.56 Å². The van der Waals surface area contributed by atoms with Crippen LogP contribution in [0.3, 0.4) is 0 Å². The van der Waals surface area contributed by atoms with Crippen molar-refractivity contribution in [1.29, 1.82) is 0 Å². The predicted octanol–water partition coefficient (Wildman–Crippen LogP) is 1.28. The Hall–Kier alpha value is -2.84. The third kappa shape index (κ3) is 4.75. The summed E-state index contributed by atoms with van der Waals surface area (Å²) in [5, 5.41) is 0. The zero-order chi connectivity index (χ0) is 21.0. The first kappa shape index (κ1) is 20.1. The number of anilines is 1. The summed E-state index contributed by atoms with van der Waals surface area (Å²) in [6, 6.07) is 12.1. The van der Waals surface area contributed by atoms with Gasteiger partial charge in [-0.05, 0) is 29.8 Å². The minimum Gasteiger partial charge on any atom is -0.454 e. The summed E-state index contributed by atoms with van der Waals surface area (Å²) in [6.07, 6.45) is 1.82. The van der Waals surface area contributed by atoms with Crippen LogP contribution in [-0.2, 0) is 11.3 Å². The van der Waals surface area contributed by atoms with Crippen LogP contribution in [0.5, 0.6) is 11.5 Å². The van der Waals surface area contributed by atoms with Crippen molar-refractivity contribution in [3.05, 3.63) is 48.2 Å². The molecule has 2 aromatic rings. The molecule has 2 saturated heterocycles. The first-order chi connectivity index (χ1) is 15.2. The lowest BCUT2D eigenvalue weighted by molar-refractivity contribution is -0.133. The molecule has 0 radical (unpaired) electrons. The van der Waals surface area contributed by atoms with Crippen molar-refractivity contribution in [2.45, 2.75) is 6.54 Å². The SMILES string of the molecule is O=C(CN1CCN(Cc2ccc3c(c2)OCO3)CC1)N1CCN(c2ccccn2)CC1. The van der Waals surface area contributed by atoms with Gasteiger partial charge in [-0.15, -0.1) is 0 Å². The maximum Gasteiger partial charge on any atom is 0.236 e. The van der Waals surface area contributed by atoms with Crippen molar-refractivity contribution >= 4 is 11.7 Å². The van der Waals surface area contributed by atoms with Gasteiger partial charge in [0.2, 0.25) is 12.7 Å². The van der Waals surface area contributed by atoms with Gasteiger partial charge in [0.05, 0.1) is 6.54 Å². The quantitative estimate of drug-likeness (QED) is 0.718. The normalized spacial score (nSPS) is 19.6. The molecule has 2 fully saturated rings. The van der Waals surface area contributed by atoms with Crippen molar-refractivity contribution in [3.8, 4) is 11.5 Å². The summed E-state index contributed by atoms with van der Waals surface area (Å²) >= 11 is 0. The number of aromatic nitrogens is 1. The van der Waals surface area contributed by atoms with Gasteiger partial charge < -0.3 is 19.3 Å². The van der Waals surface area contributed by atoms with Gasteiger partial charge in [0.15, 0.2) is 11.5 Å². The molecule has 0 bridgehead atoms. The number of nitrogens with zero attached hydrogens (tertiary/aromatic N) is 5. The molecule has 1 aromatic heterocycles. The van der Waals surface area contributed by atoms with Crippen LogP contribution >= 0.6 is 0 Å². The smallest absolute Gasteiger partial charge is 0.236 e. The summed E-state index contributed by atoms with van der Waals surface area (Å²) in [4.78, 5) is 26.2. The first-order valence-corrected chi connectivity index (χ1v) is 11.0. The molecule has 8 nitrogen and oxygen atoms in total. The number of piperazine rings is 2. The second-order valence-corrected chi connectivity index (χ2v) is 8.30. The van der Waals surface area contributed by atoms with Gasteiger partial charge >= 0.3 is 0 Å². The third-order valence-electron chi connectivity index (χ3n) is 6.27. The molecule has 3 aliphatic rings. The molecule has 0 unspecified atom stereocenters. The number of hydrogen-bond donors (Lipinski definition) is 0. The van der Waals surface area contributed by atoms with Gasteiger partial charge in [0, 0.05) is 65.1 Å². The van der Waals surface area contributed by atoms with Crippen LogP contribution in [0.15, 0.2) is 42.6 Å². The van der Waals surface area contributed by atoms with Gasteiger partial charge in [-0.25, -0.2) is 4.98 Å². The molecule has 0 atom stereocenters. The number of ether oxygens (including phenoxy) is 2. The minimum absolute atomic E-state index is 0.241. The standard InChI is InChI=1S/C23H29N5O3/c29-23(28-13-11-27(12-14-28)22-3-1-2-6-24-22)17-26-9-7-25(8-10-26)16-19-4-5-20-21(15-19)31-18-30-20/h1-6,15H,7-14,16-18H2. The van der Waals surface area contributed by atoms with Crippen molar-refractivity contribution < 1.29 is 14.3 Å². The molecule has 5 rings (SSSR count). The van der Waals surface area contributed by atoms with Crippen LogP contribution in [0.1, 0.15) is 5.56 Å². The van der Waals surface area contributed by atoms with Gasteiger partial charge in [-0.1, -0.05) is 12.1 Å². The van der Waals surface area contributed by atoms with E-state index in [2.05, 4.69) is 31.8 Å². The fourth-order valence-electron chi connectivity index (χ4n) is 4.42. The van der Waals surface area contributed by atoms with E-state index >= 15 is 0 Å². The van der Waals surface area contributed by atoms with Gasteiger partial charge in [-0.2, -0.15) is 0 Å². The Balaban J connectivity index is 1.05. The molecule has 0 aliphatic carbocycles. The van der Waals surface area contributed by atoms with E-state index in [0.717, 1.165) is 76.2 Å². The second kappa shape index (κ2) is 9.11. The molecule has 31 heavy (non-hydrogen) atoms. The van der Waals surface area contributed by atoms with Gasteiger partial charge in [0.25, 0.3) is 0 Å². The largest absolute Gasteiger partial charge is 0.454 e. The zero-order valence-corrected chi connectivity index (χ0v) is 17.8. The van der Waals surface area contributed by atoms with Crippen molar-refractivity contribution in [1.82, 2.24) is 19.7 Å². The highest BCUT2D eigenvalue weighted by molar-refractivity contribution is 5.78. The van der Waals surface area contributed by atoms with Crippen LogP contribution in [0.25, 0.3) is 0 Å². The lowest BCUT2D eigenvalue weighted by Crippen LogP contribution is -2.53. The van der Waals surface area contributed by atoms with Crippen molar-refractivity contribution in [3.63, 3.8) is 0 Å². The number of fused-ring (bicyclic) bond motifs is 1. The fourth-order valence-corrected chi connectivity index (χ4v) is 4.42. The molecule has 1 aromatic carbocycles. The van der Waals surface area contributed by atoms with E-state index in [-0.39, 0.29) is 5.91 Å². The summed E-state index contributed by atoms with van der Waals surface area (Å²) in [5.41, 5.74) is 1.24. The molecular weight excluding hydrogens is 394 g/mol. The van der Waals surface area contributed by atoms with E-state index in [1.54, 1.807) is 0 Å². The molecule has 0 spiro atoms. The molecule has 1 amide bonds. The highest BCUT2D eigenvalue weighted by Gasteiger charge is 2.25. The molecule has 0 saturated carbocycles. The maximum absolute atomic E-state index is 12.8. The van der Waals surface area contributed by atoms with Crippen LogP contribution < -0.4 is 14.4 Å². The minimum atomic E-state index is 0.241. The van der Waals surface area contributed by atoms with E-state index in [4.69, 9.17) is 9.47 Å². The number of pyridine rings is 1. The summed E-state index contributed by atoms with van der Waals surface area (Å²) in [5.74, 6) is 2.90. The molecule has 3 aliphatic heterocycles. The van der Waals surface area contributed by atoms with Crippen molar-refractivity contribution in [2.75, 3.05) is 70.6 Å². The lowest BCUT2D eigenvalue weighted by Gasteiger charge is -2.38. The highest BCUT2D eigenvalue weighted by Crippen LogP contribution is 2.32. The predicted molar refractivity (Wildman–Crippen MR) is 117 cm³/mol. The molecule has 0 N–H and O–H groups in total. The number of hydrogen-bond acceptors (Lipinski definition) is 7. The Kier molecular flexibility index (Phi) is 5.90. The van der Waals surface area contributed by atoms with Gasteiger partial charge in [-0.3, -0.25) is 14.6 Å². The van der Waals surface area contributed by atoms with E-state index in [9.17, 15) is 4.79 Å². The number of benzene rings is 1. The van der Waals surface area contributed by atoms with Crippen LogP contribution in [-0.4, -0.2) is 91.3 Å². The Morgan fingerprint density at radius 1 is 0.871 bits per heavy atom. The second-order valence-electron chi connectivity index (χ2n) is 8.30. The number of carbonyl (C=O) groups excluding carboxylic acids is 1. The Morgan fingerprint density at radius 2 is 1.65 bits per heavy atom. The number of rotatable bonds is 5. The van der Waals surface area contributed by atoms with Crippen LogP contribution in [0, 0.1) is 0 Å². The van der Waals surface area contributed by atoms with Crippen LogP contribution in [0.2, 0.25) is 0 Å². The summed E-state index contributed by atoms with van der Waals surface area (Å²) < 4.78 is 10.9. The zero-order valence-electron chi connectivity index (χ0n) is 17.8. The molecule has 164 valence electrons. The average Bonchev–Trinajstić information content (AvgIpc) is 3.29. The Bertz CT molecular complexity index is 893. The summed E-state index contributed by atoms with van der Waals surface area (Å²) in [6.45, 7) is 8.70.